The molecule has 0 radical (unpaired) electrons. The molecule has 1 aromatic carbocycles. The van der Waals surface area contributed by atoms with Crippen molar-refractivity contribution in [3.05, 3.63) is 23.8 Å². The van der Waals surface area contributed by atoms with E-state index in [1.165, 1.54) is 32.1 Å². The largest absolute Gasteiger partial charge is 0.788 e. The fraction of sp³-hybridized carbons (Fsp3) is 0.650. The molecule has 0 fully saturated rings. The number of rotatable bonds is 13. The average molecular weight is 346 g/mol. The minimum atomic E-state index is -0.684. The molecule has 2 rings (SSSR count). The van der Waals surface area contributed by atoms with Gasteiger partial charge in [-0.25, -0.2) is 0 Å². The van der Waals surface area contributed by atoms with Crippen LogP contribution in [-0.4, -0.2) is 19.7 Å². The Balaban J connectivity index is 1.70. The van der Waals surface area contributed by atoms with Gasteiger partial charge in [0.2, 0.25) is 0 Å². The van der Waals surface area contributed by atoms with Crippen LogP contribution in [0.4, 0.5) is 0 Å². The van der Waals surface area contributed by atoms with Gasteiger partial charge in [-0.3, -0.25) is 4.79 Å². The molecule has 4 nitrogen and oxygen atoms in total. The van der Waals surface area contributed by atoms with Gasteiger partial charge in [0.05, 0.1) is 0 Å². The maximum Gasteiger partial charge on any atom is 0.788 e. The molecule has 0 saturated heterocycles. The second-order valence-electron chi connectivity index (χ2n) is 6.70. The fourth-order valence-corrected chi connectivity index (χ4v) is 2.91. The van der Waals surface area contributed by atoms with Crippen molar-refractivity contribution in [2.45, 2.75) is 78.1 Å². The van der Waals surface area contributed by atoms with Crippen LogP contribution in [-0.2, 0) is 4.65 Å². The second kappa shape index (κ2) is 11.2. The van der Waals surface area contributed by atoms with E-state index in [0.29, 0.717) is 30.1 Å². The summed E-state index contributed by atoms with van der Waals surface area (Å²) in [6.45, 7) is 4.99. The van der Waals surface area contributed by atoms with Crippen molar-refractivity contribution in [1.29, 1.82) is 0 Å². The minimum Gasteiger partial charge on any atom is -0.498 e. The van der Waals surface area contributed by atoms with E-state index in [-0.39, 0.29) is 5.78 Å². The molecular formula is C20H31BO4. The average Bonchev–Trinajstić information content (AvgIpc) is 3.03. The first-order valence-corrected chi connectivity index (χ1v) is 9.86. The highest BCUT2D eigenvalue weighted by Gasteiger charge is 2.35. The highest BCUT2D eigenvalue weighted by Crippen LogP contribution is 2.34. The molecular weight excluding hydrogens is 315 g/mol. The summed E-state index contributed by atoms with van der Waals surface area (Å²) in [5, 5.41) is 0. The third-order valence-corrected chi connectivity index (χ3v) is 4.47. The predicted molar refractivity (Wildman–Crippen MR) is 101 cm³/mol. The molecule has 1 aliphatic heterocycles. The molecule has 0 saturated carbocycles. The molecule has 0 amide bonds. The summed E-state index contributed by atoms with van der Waals surface area (Å²) in [5.74, 6) is 1.42. The first-order valence-electron chi connectivity index (χ1n) is 9.86. The Bertz CT molecular complexity index is 532. The van der Waals surface area contributed by atoms with Crippen LogP contribution >= 0.6 is 0 Å². The number of carbonyl (C=O) groups excluding carboxylic acids is 1. The van der Waals surface area contributed by atoms with E-state index in [9.17, 15) is 4.79 Å². The quantitative estimate of drug-likeness (QED) is 0.266. The van der Waals surface area contributed by atoms with Gasteiger partial charge in [0, 0.05) is 18.6 Å². The lowest BCUT2D eigenvalue weighted by Crippen LogP contribution is -2.29. The van der Waals surface area contributed by atoms with Crippen LogP contribution in [0.25, 0.3) is 0 Å². The maximum absolute atomic E-state index is 12.2. The number of carbonyl (C=O) groups is 1. The van der Waals surface area contributed by atoms with Crippen molar-refractivity contribution in [3.8, 4) is 11.5 Å². The third-order valence-electron chi connectivity index (χ3n) is 4.47. The lowest BCUT2D eigenvalue weighted by molar-refractivity contribution is 0.0979. The molecule has 0 spiro atoms. The fourth-order valence-electron chi connectivity index (χ4n) is 2.91. The summed E-state index contributed by atoms with van der Waals surface area (Å²) in [6, 6.07) is 5.39. The van der Waals surface area contributed by atoms with Crippen LogP contribution < -0.4 is 9.31 Å². The number of Topliss-reactive ketones (excluding diaryl/α,β-unsaturated/α-hetero) is 1. The van der Waals surface area contributed by atoms with Crippen LogP contribution in [0, 0.1) is 0 Å². The Morgan fingerprint density at radius 3 is 2.40 bits per heavy atom. The van der Waals surface area contributed by atoms with Crippen molar-refractivity contribution >= 4 is 13.1 Å². The van der Waals surface area contributed by atoms with Gasteiger partial charge in [-0.15, -0.1) is 0 Å². The molecule has 1 aliphatic rings. The van der Waals surface area contributed by atoms with Gasteiger partial charge in [-0.05, 0) is 31.0 Å². The molecule has 138 valence electrons. The highest BCUT2D eigenvalue weighted by atomic mass is 16.8. The van der Waals surface area contributed by atoms with Gasteiger partial charge in [-0.1, -0.05) is 58.8 Å². The van der Waals surface area contributed by atoms with Crippen molar-refractivity contribution in [2.24, 2.45) is 0 Å². The van der Waals surface area contributed by atoms with Crippen LogP contribution in [0.5, 0.6) is 11.5 Å². The number of fused-ring (bicyclic) bond motifs is 1. The van der Waals surface area contributed by atoms with Gasteiger partial charge >= 0.3 is 7.32 Å². The topological polar surface area (TPSA) is 44.8 Å². The van der Waals surface area contributed by atoms with Crippen molar-refractivity contribution < 1.29 is 18.8 Å². The molecule has 1 aromatic rings. The Labute approximate surface area is 152 Å². The number of ketones is 1. The van der Waals surface area contributed by atoms with Crippen molar-refractivity contribution in [1.82, 2.24) is 0 Å². The Morgan fingerprint density at radius 2 is 1.60 bits per heavy atom. The molecule has 0 N–H and O–H groups in total. The Hall–Kier alpha value is -1.49. The zero-order chi connectivity index (χ0) is 17.9. The van der Waals surface area contributed by atoms with Crippen LogP contribution in [0.3, 0.4) is 0 Å². The standard InChI is InChI=1S/C20H31BO4/c1-3-5-7-8-9-11-15-23-21-24-19-14-13-17(16-20(19)25-21)18(22)12-10-6-4-2/h13-14,16H,3-12,15H2,1-2H3. The maximum atomic E-state index is 12.2. The lowest BCUT2D eigenvalue weighted by Gasteiger charge is -2.05. The first kappa shape index (κ1) is 19.8. The normalized spacial score (nSPS) is 12.6. The smallest absolute Gasteiger partial charge is 0.498 e. The Kier molecular flexibility index (Phi) is 8.88. The summed E-state index contributed by atoms with van der Waals surface area (Å²) in [7, 11) is -0.684. The molecule has 0 aromatic heterocycles. The molecule has 5 heteroatoms. The second-order valence-corrected chi connectivity index (χ2v) is 6.70. The van der Waals surface area contributed by atoms with Gasteiger partial charge in [-0.2, -0.15) is 0 Å². The predicted octanol–water partition coefficient (Wildman–Crippen LogP) is 5.58. The third kappa shape index (κ3) is 6.73. The van der Waals surface area contributed by atoms with E-state index in [0.717, 1.165) is 25.7 Å². The van der Waals surface area contributed by atoms with Crippen molar-refractivity contribution in [2.75, 3.05) is 6.61 Å². The van der Waals surface area contributed by atoms with E-state index in [1.807, 2.05) is 6.07 Å². The summed E-state index contributed by atoms with van der Waals surface area (Å²) in [4.78, 5) is 12.2. The molecule has 0 unspecified atom stereocenters. The molecule has 1 heterocycles. The molecule has 25 heavy (non-hydrogen) atoms. The number of hydrogen-bond acceptors (Lipinski definition) is 4. The van der Waals surface area contributed by atoms with Crippen LogP contribution in [0.2, 0.25) is 0 Å². The van der Waals surface area contributed by atoms with Crippen LogP contribution in [0.15, 0.2) is 18.2 Å². The van der Waals surface area contributed by atoms with Gasteiger partial charge in [0.25, 0.3) is 0 Å². The van der Waals surface area contributed by atoms with Gasteiger partial charge < -0.3 is 14.0 Å². The van der Waals surface area contributed by atoms with E-state index in [1.54, 1.807) is 12.1 Å². The van der Waals surface area contributed by atoms with E-state index in [2.05, 4.69) is 13.8 Å². The highest BCUT2D eigenvalue weighted by molar-refractivity contribution is 6.40. The zero-order valence-corrected chi connectivity index (χ0v) is 15.7. The van der Waals surface area contributed by atoms with Crippen molar-refractivity contribution in [3.63, 3.8) is 0 Å². The lowest BCUT2D eigenvalue weighted by atomic mass is 10.0. The van der Waals surface area contributed by atoms with Gasteiger partial charge in [0.15, 0.2) is 5.78 Å². The zero-order valence-electron chi connectivity index (χ0n) is 15.7. The number of benzene rings is 1. The summed E-state index contributed by atoms with van der Waals surface area (Å²) in [5.41, 5.74) is 0.690. The minimum absolute atomic E-state index is 0.163. The number of unbranched alkanes of at least 4 members (excludes halogenated alkanes) is 7. The molecule has 0 aliphatic carbocycles. The summed E-state index contributed by atoms with van der Waals surface area (Å²) < 4.78 is 16.9. The van der Waals surface area contributed by atoms with E-state index in [4.69, 9.17) is 14.0 Å². The number of hydrogen-bond donors (Lipinski definition) is 0. The molecule has 0 atom stereocenters. The summed E-state index contributed by atoms with van der Waals surface area (Å²) >= 11 is 0. The van der Waals surface area contributed by atoms with E-state index < -0.39 is 7.32 Å². The monoisotopic (exact) mass is 346 g/mol. The SMILES string of the molecule is CCCCCCCCOB1Oc2ccc(C(=O)CCCCC)cc2O1. The van der Waals surface area contributed by atoms with E-state index >= 15 is 0 Å². The summed E-state index contributed by atoms with van der Waals surface area (Å²) in [6.07, 6.45) is 11.1. The van der Waals surface area contributed by atoms with Crippen LogP contribution in [0.1, 0.15) is 88.4 Å². The Morgan fingerprint density at radius 1 is 0.920 bits per heavy atom. The van der Waals surface area contributed by atoms with Gasteiger partial charge in [0.1, 0.15) is 11.5 Å². The first-order chi connectivity index (χ1) is 12.2. The molecule has 0 bridgehead atoms.